The van der Waals surface area contributed by atoms with E-state index in [2.05, 4.69) is 10.3 Å². The highest BCUT2D eigenvalue weighted by molar-refractivity contribution is 6.30. The largest absolute Gasteiger partial charge is 0.454 e. The smallest absolute Gasteiger partial charge is 0.255 e. The number of nitrogens with one attached hydrogen (secondary N) is 1. The minimum atomic E-state index is -0.251. The van der Waals surface area contributed by atoms with Crippen molar-refractivity contribution in [2.45, 2.75) is 0 Å². The first-order valence-corrected chi connectivity index (χ1v) is 8.91. The molecule has 1 aliphatic heterocycles. The van der Waals surface area contributed by atoms with Crippen molar-refractivity contribution in [2.75, 3.05) is 12.1 Å². The molecule has 2 heterocycles. The van der Waals surface area contributed by atoms with Crippen LogP contribution in [-0.4, -0.2) is 17.7 Å². The molecule has 4 aromatic rings. The summed E-state index contributed by atoms with van der Waals surface area (Å²) in [4.78, 5) is 17.0. The van der Waals surface area contributed by atoms with E-state index in [0.717, 1.165) is 5.56 Å². The molecule has 1 aliphatic rings. The van der Waals surface area contributed by atoms with Crippen molar-refractivity contribution in [3.8, 4) is 23.0 Å². The monoisotopic (exact) mass is 392 g/mol. The molecule has 0 aliphatic carbocycles. The maximum absolute atomic E-state index is 12.5. The van der Waals surface area contributed by atoms with Crippen LogP contribution in [0.5, 0.6) is 11.5 Å². The standard InChI is InChI=1S/C21H13ClN2O4/c22-14-4-1-12(2-5-14)21-24-16-10-15(6-8-17(16)28-21)23-20(25)13-3-7-18-19(9-13)27-11-26-18/h1-10H,11H2,(H,23,25). The molecule has 3 aromatic carbocycles. The minimum absolute atomic E-state index is 0.166. The van der Waals surface area contributed by atoms with E-state index in [1.165, 1.54) is 0 Å². The number of amides is 1. The van der Waals surface area contributed by atoms with Crippen molar-refractivity contribution in [3.63, 3.8) is 0 Å². The lowest BCUT2D eigenvalue weighted by Crippen LogP contribution is -2.11. The molecule has 138 valence electrons. The summed E-state index contributed by atoms with van der Waals surface area (Å²) in [5.74, 6) is 1.44. The van der Waals surface area contributed by atoms with E-state index in [0.29, 0.717) is 44.8 Å². The number of rotatable bonds is 3. The molecule has 0 saturated carbocycles. The molecule has 1 N–H and O–H groups in total. The van der Waals surface area contributed by atoms with Crippen LogP contribution in [0.3, 0.4) is 0 Å². The van der Waals surface area contributed by atoms with Gasteiger partial charge in [0.25, 0.3) is 5.91 Å². The lowest BCUT2D eigenvalue weighted by atomic mass is 10.2. The fraction of sp³-hybridized carbons (Fsp3) is 0.0476. The lowest BCUT2D eigenvalue weighted by Gasteiger charge is -2.05. The Labute approximate surface area is 164 Å². The van der Waals surface area contributed by atoms with Crippen LogP contribution in [0.4, 0.5) is 5.69 Å². The normalized spacial score (nSPS) is 12.3. The summed E-state index contributed by atoms with van der Waals surface area (Å²) >= 11 is 5.92. The Bertz CT molecular complexity index is 1200. The average molecular weight is 393 g/mol. The highest BCUT2D eigenvalue weighted by Crippen LogP contribution is 2.33. The number of hydrogen-bond donors (Lipinski definition) is 1. The number of carbonyl (C=O) groups is 1. The van der Waals surface area contributed by atoms with Gasteiger partial charge < -0.3 is 19.2 Å². The number of carbonyl (C=O) groups excluding carboxylic acids is 1. The van der Waals surface area contributed by atoms with Crippen LogP contribution < -0.4 is 14.8 Å². The number of oxazole rings is 1. The summed E-state index contributed by atoms with van der Waals surface area (Å²) in [5, 5.41) is 3.51. The number of benzene rings is 3. The molecule has 0 fully saturated rings. The summed E-state index contributed by atoms with van der Waals surface area (Å²) in [6.45, 7) is 0.166. The minimum Gasteiger partial charge on any atom is -0.454 e. The number of fused-ring (bicyclic) bond motifs is 2. The first-order valence-electron chi connectivity index (χ1n) is 8.53. The van der Waals surface area contributed by atoms with Gasteiger partial charge in [-0.05, 0) is 60.7 Å². The quantitative estimate of drug-likeness (QED) is 0.523. The van der Waals surface area contributed by atoms with Crippen LogP contribution in [-0.2, 0) is 0 Å². The molecular weight excluding hydrogens is 380 g/mol. The Hall–Kier alpha value is -3.51. The summed E-state index contributed by atoms with van der Waals surface area (Å²) in [6, 6.07) is 17.6. The van der Waals surface area contributed by atoms with Gasteiger partial charge in [0.2, 0.25) is 12.7 Å². The maximum Gasteiger partial charge on any atom is 0.255 e. The molecule has 5 rings (SSSR count). The Morgan fingerprint density at radius 3 is 2.64 bits per heavy atom. The van der Waals surface area contributed by atoms with Gasteiger partial charge in [-0.15, -0.1) is 0 Å². The first kappa shape index (κ1) is 16.6. The Kier molecular flexibility index (Phi) is 3.91. The maximum atomic E-state index is 12.5. The zero-order valence-corrected chi connectivity index (χ0v) is 15.2. The SMILES string of the molecule is O=C(Nc1ccc2oc(-c3ccc(Cl)cc3)nc2c1)c1ccc2c(c1)OCO2. The number of aromatic nitrogens is 1. The van der Waals surface area contributed by atoms with E-state index < -0.39 is 0 Å². The highest BCUT2D eigenvalue weighted by atomic mass is 35.5. The summed E-state index contributed by atoms with van der Waals surface area (Å²) in [6.07, 6.45) is 0. The van der Waals surface area contributed by atoms with Crippen molar-refractivity contribution in [3.05, 3.63) is 71.2 Å². The Morgan fingerprint density at radius 2 is 1.79 bits per heavy atom. The predicted molar refractivity (Wildman–Crippen MR) is 105 cm³/mol. The fourth-order valence-electron chi connectivity index (χ4n) is 2.96. The van der Waals surface area contributed by atoms with E-state index in [1.54, 1.807) is 48.5 Å². The van der Waals surface area contributed by atoms with E-state index >= 15 is 0 Å². The van der Waals surface area contributed by atoms with Crippen LogP contribution >= 0.6 is 11.6 Å². The second-order valence-electron chi connectivity index (χ2n) is 6.23. The van der Waals surface area contributed by atoms with Crippen LogP contribution in [0, 0.1) is 0 Å². The van der Waals surface area contributed by atoms with Gasteiger partial charge in [0.1, 0.15) is 5.52 Å². The molecule has 1 aromatic heterocycles. The molecule has 28 heavy (non-hydrogen) atoms. The third kappa shape index (κ3) is 3.04. The molecule has 0 unspecified atom stereocenters. The Morgan fingerprint density at radius 1 is 0.964 bits per heavy atom. The van der Waals surface area contributed by atoms with E-state index in [9.17, 15) is 4.79 Å². The number of hydrogen-bond acceptors (Lipinski definition) is 5. The van der Waals surface area contributed by atoms with Gasteiger partial charge in [-0.25, -0.2) is 4.98 Å². The van der Waals surface area contributed by atoms with Gasteiger partial charge in [0.05, 0.1) is 0 Å². The molecule has 6 nitrogen and oxygen atoms in total. The third-order valence-electron chi connectivity index (χ3n) is 4.37. The Balaban J connectivity index is 1.40. The van der Waals surface area contributed by atoms with E-state index in [4.69, 9.17) is 25.5 Å². The first-order chi connectivity index (χ1) is 13.7. The number of ether oxygens (including phenoxy) is 2. The predicted octanol–water partition coefficient (Wildman–Crippen LogP) is 5.13. The number of halogens is 1. The molecule has 0 radical (unpaired) electrons. The van der Waals surface area contributed by atoms with Crippen molar-refractivity contribution in [1.82, 2.24) is 4.98 Å². The zero-order chi connectivity index (χ0) is 19.1. The summed E-state index contributed by atoms with van der Waals surface area (Å²) in [5.41, 5.74) is 3.20. The molecule has 0 atom stereocenters. The summed E-state index contributed by atoms with van der Waals surface area (Å²) < 4.78 is 16.4. The topological polar surface area (TPSA) is 73.6 Å². The van der Waals surface area contributed by atoms with Crippen molar-refractivity contribution in [2.24, 2.45) is 0 Å². The summed E-state index contributed by atoms with van der Waals surface area (Å²) in [7, 11) is 0. The van der Waals surface area contributed by atoms with Crippen LogP contribution in [0.15, 0.2) is 65.1 Å². The molecule has 0 saturated heterocycles. The number of nitrogens with zero attached hydrogens (tertiary/aromatic N) is 1. The third-order valence-corrected chi connectivity index (χ3v) is 4.62. The van der Waals surface area contributed by atoms with Crippen LogP contribution in [0.2, 0.25) is 5.02 Å². The molecule has 7 heteroatoms. The van der Waals surface area contributed by atoms with E-state index in [-0.39, 0.29) is 12.7 Å². The molecule has 0 spiro atoms. The van der Waals surface area contributed by atoms with Gasteiger partial charge in [-0.2, -0.15) is 0 Å². The van der Waals surface area contributed by atoms with Crippen LogP contribution in [0.1, 0.15) is 10.4 Å². The second kappa shape index (κ2) is 6.58. The fourth-order valence-corrected chi connectivity index (χ4v) is 3.09. The van der Waals surface area contributed by atoms with E-state index in [1.807, 2.05) is 12.1 Å². The second-order valence-corrected chi connectivity index (χ2v) is 6.67. The zero-order valence-electron chi connectivity index (χ0n) is 14.4. The van der Waals surface area contributed by atoms with Gasteiger partial charge in [0.15, 0.2) is 17.1 Å². The van der Waals surface area contributed by atoms with Crippen molar-refractivity contribution < 1.29 is 18.7 Å². The highest BCUT2D eigenvalue weighted by Gasteiger charge is 2.17. The van der Waals surface area contributed by atoms with Crippen molar-refractivity contribution >= 4 is 34.3 Å². The van der Waals surface area contributed by atoms with Crippen molar-refractivity contribution in [1.29, 1.82) is 0 Å². The van der Waals surface area contributed by atoms with Crippen LogP contribution in [0.25, 0.3) is 22.6 Å². The van der Waals surface area contributed by atoms with Gasteiger partial charge in [0, 0.05) is 21.8 Å². The van der Waals surface area contributed by atoms with Gasteiger partial charge >= 0.3 is 0 Å². The molecular formula is C21H13ClN2O4. The van der Waals surface area contributed by atoms with Gasteiger partial charge in [-0.1, -0.05) is 11.6 Å². The average Bonchev–Trinajstić information content (AvgIpc) is 3.34. The lowest BCUT2D eigenvalue weighted by molar-refractivity contribution is 0.102. The number of anilines is 1. The molecule has 0 bridgehead atoms. The van der Waals surface area contributed by atoms with Gasteiger partial charge in [-0.3, -0.25) is 4.79 Å². The molecule has 1 amide bonds.